The number of nitrogens with zero attached hydrogens (tertiary/aromatic N) is 2. The predicted molar refractivity (Wildman–Crippen MR) is 107 cm³/mol. The zero-order valence-corrected chi connectivity index (χ0v) is 16.1. The molecule has 3 aromatic rings. The van der Waals surface area contributed by atoms with Gasteiger partial charge in [-0.1, -0.05) is 17.7 Å². The highest BCUT2D eigenvalue weighted by atomic mass is 35.5. The van der Waals surface area contributed by atoms with E-state index < -0.39 is 17.6 Å². The van der Waals surface area contributed by atoms with E-state index in [1.54, 1.807) is 6.07 Å². The molecule has 1 aromatic carbocycles. The zero-order chi connectivity index (χ0) is 19.3. The molecule has 1 unspecified atom stereocenters. The Morgan fingerprint density at radius 1 is 1.36 bits per heavy atom. The number of carbonyl (C=O) groups is 1. The van der Waals surface area contributed by atoms with Crippen molar-refractivity contribution in [3.63, 3.8) is 0 Å². The smallest absolute Gasteiger partial charge is 0.251 e. The first-order valence-electron chi connectivity index (χ1n) is 9.45. The number of H-pyrrole nitrogens is 1. The lowest BCUT2D eigenvalue weighted by Gasteiger charge is -2.39. The van der Waals surface area contributed by atoms with Crippen LogP contribution < -0.4 is 5.73 Å². The van der Waals surface area contributed by atoms with Crippen LogP contribution in [0.1, 0.15) is 35.6 Å². The molecule has 1 fully saturated rings. The molecule has 4 heterocycles. The molecule has 0 saturated carbocycles. The van der Waals surface area contributed by atoms with Crippen LogP contribution in [0.25, 0.3) is 10.9 Å². The van der Waals surface area contributed by atoms with Crippen LogP contribution in [0.2, 0.25) is 5.02 Å². The van der Waals surface area contributed by atoms with Crippen LogP contribution in [0.3, 0.4) is 0 Å². The minimum Gasteiger partial charge on any atom is -0.367 e. The molecule has 0 aliphatic carbocycles. The van der Waals surface area contributed by atoms with E-state index in [-0.39, 0.29) is 0 Å². The Labute approximate surface area is 167 Å². The molecule has 0 radical (unpaired) electrons. The van der Waals surface area contributed by atoms with Crippen LogP contribution >= 0.6 is 11.6 Å². The number of aromatic nitrogens is 2. The zero-order valence-electron chi connectivity index (χ0n) is 15.3. The summed E-state index contributed by atoms with van der Waals surface area (Å²) < 4.78 is 6.26. The molecule has 2 aromatic heterocycles. The molecule has 6 nitrogen and oxygen atoms in total. The van der Waals surface area contributed by atoms with E-state index in [4.69, 9.17) is 22.1 Å². The lowest BCUT2D eigenvalue weighted by atomic mass is 9.83. The fourth-order valence-electron chi connectivity index (χ4n) is 4.58. The summed E-state index contributed by atoms with van der Waals surface area (Å²) in [5, 5.41) is 1.86. The van der Waals surface area contributed by atoms with Crippen molar-refractivity contribution in [1.82, 2.24) is 14.9 Å². The number of primary amides is 1. The number of likely N-dealkylation sites (tertiary alicyclic amines) is 1. The van der Waals surface area contributed by atoms with E-state index in [0.29, 0.717) is 5.02 Å². The molecule has 0 bridgehead atoms. The van der Waals surface area contributed by atoms with Gasteiger partial charge in [0.15, 0.2) is 6.10 Å². The van der Waals surface area contributed by atoms with Gasteiger partial charge in [-0.2, -0.15) is 0 Å². The molecule has 144 valence electrons. The quantitative estimate of drug-likeness (QED) is 0.711. The van der Waals surface area contributed by atoms with Gasteiger partial charge in [-0.25, -0.2) is 0 Å². The minimum absolute atomic E-state index is 0.449. The molecular formula is C21H21ClN4O2. The van der Waals surface area contributed by atoms with Crippen LogP contribution in [0, 0.1) is 0 Å². The summed E-state index contributed by atoms with van der Waals surface area (Å²) in [5.41, 5.74) is 9.30. The topological polar surface area (TPSA) is 84.2 Å². The fourth-order valence-corrected chi connectivity index (χ4v) is 4.75. The highest BCUT2D eigenvalue weighted by Crippen LogP contribution is 2.50. The Bertz CT molecular complexity index is 1060. The number of piperidine rings is 1. The molecular weight excluding hydrogens is 376 g/mol. The summed E-state index contributed by atoms with van der Waals surface area (Å²) in [6.07, 6.45) is 6.63. The Balaban J connectivity index is 1.37. The average molecular weight is 397 g/mol. The maximum atomic E-state index is 11.9. The Morgan fingerprint density at radius 3 is 2.96 bits per heavy atom. The molecule has 28 heavy (non-hydrogen) atoms. The Morgan fingerprint density at radius 2 is 2.18 bits per heavy atom. The summed E-state index contributed by atoms with van der Waals surface area (Å²) in [6, 6.07) is 7.64. The number of pyridine rings is 1. The highest BCUT2D eigenvalue weighted by Gasteiger charge is 2.48. The second kappa shape index (κ2) is 6.58. The standard InChI is InChI=1S/C21H21ClN4O2/c22-14-1-2-16-17(9-14)21(28-19(16)20(23)27)4-7-26(8-5-21)12-13-10-25-18-11-24-6-3-15(13)18/h1-3,6,9-11,19,25H,4-5,7-8,12H2,(H2,23,27). The van der Waals surface area contributed by atoms with Crippen LogP contribution in [0.15, 0.2) is 42.9 Å². The monoisotopic (exact) mass is 396 g/mol. The molecule has 1 saturated heterocycles. The maximum Gasteiger partial charge on any atom is 0.251 e. The molecule has 1 amide bonds. The summed E-state index contributed by atoms with van der Waals surface area (Å²) in [6.45, 7) is 2.60. The number of rotatable bonds is 3. The number of ether oxygens (including phenoxy) is 1. The van der Waals surface area contributed by atoms with Crippen LogP contribution in [0.4, 0.5) is 0 Å². The van der Waals surface area contributed by atoms with Crippen molar-refractivity contribution in [3.8, 4) is 0 Å². The number of halogens is 1. The Hall–Kier alpha value is -2.41. The van der Waals surface area contributed by atoms with Gasteiger partial charge in [0.05, 0.1) is 17.3 Å². The lowest BCUT2D eigenvalue weighted by molar-refractivity contribution is -0.148. The molecule has 2 aliphatic rings. The van der Waals surface area contributed by atoms with Crippen molar-refractivity contribution in [2.24, 2.45) is 5.73 Å². The summed E-state index contributed by atoms with van der Waals surface area (Å²) in [5.74, 6) is -0.449. The first-order chi connectivity index (χ1) is 13.6. The largest absolute Gasteiger partial charge is 0.367 e. The molecule has 1 atom stereocenters. The third-order valence-electron chi connectivity index (χ3n) is 6.02. The fraction of sp³-hybridized carbons (Fsp3) is 0.333. The van der Waals surface area contributed by atoms with E-state index in [9.17, 15) is 4.79 Å². The SMILES string of the molecule is NC(=O)C1OC2(CCN(Cc3c[nH]c4cnccc34)CC2)c2cc(Cl)ccc21. The van der Waals surface area contributed by atoms with Gasteiger partial charge in [0.1, 0.15) is 0 Å². The van der Waals surface area contributed by atoms with E-state index in [1.807, 2.05) is 30.6 Å². The number of amides is 1. The number of hydrogen-bond acceptors (Lipinski definition) is 4. The van der Waals surface area contributed by atoms with Crippen molar-refractivity contribution < 1.29 is 9.53 Å². The number of nitrogens with two attached hydrogens (primary N) is 1. The van der Waals surface area contributed by atoms with Gasteiger partial charge >= 0.3 is 0 Å². The summed E-state index contributed by atoms with van der Waals surface area (Å²) in [4.78, 5) is 21.8. The van der Waals surface area contributed by atoms with Crippen molar-refractivity contribution >= 4 is 28.4 Å². The highest BCUT2D eigenvalue weighted by molar-refractivity contribution is 6.30. The normalized spacial score (nSPS) is 21.2. The van der Waals surface area contributed by atoms with Crippen LogP contribution in [0.5, 0.6) is 0 Å². The number of benzene rings is 1. The molecule has 7 heteroatoms. The van der Waals surface area contributed by atoms with Gasteiger partial charge in [-0.15, -0.1) is 0 Å². The first kappa shape index (κ1) is 17.7. The number of nitrogens with one attached hydrogen (secondary N) is 1. The van der Waals surface area contributed by atoms with Gasteiger partial charge in [-0.3, -0.25) is 14.7 Å². The first-order valence-corrected chi connectivity index (χ1v) is 9.83. The number of fused-ring (bicyclic) bond motifs is 3. The second-order valence-electron chi connectivity index (χ2n) is 7.64. The molecule has 5 rings (SSSR count). The number of hydrogen-bond donors (Lipinski definition) is 2. The number of carbonyl (C=O) groups excluding carboxylic acids is 1. The van der Waals surface area contributed by atoms with Gasteiger partial charge < -0.3 is 15.5 Å². The van der Waals surface area contributed by atoms with Crippen molar-refractivity contribution in [2.75, 3.05) is 13.1 Å². The van der Waals surface area contributed by atoms with Crippen LogP contribution in [-0.4, -0.2) is 33.9 Å². The molecule has 1 spiro atoms. The van der Waals surface area contributed by atoms with Gasteiger partial charge in [0, 0.05) is 42.4 Å². The maximum absolute atomic E-state index is 11.9. The third kappa shape index (κ3) is 2.80. The van der Waals surface area contributed by atoms with Crippen LogP contribution in [-0.2, 0) is 21.7 Å². The summed E-state index contributed by atoms with van der Waals surface area (Å²) >= 11 is 6.24. The van der Waals surface area contributed by atoms with Crippen molar-refractivity contribution in [1.29, 1.82) is 0 Å². The number of aromatic amines is 1. The van der Waals surface area contributed by atoms with E-state index in [1.165, 1.54) is 10.9 Å². The van der Waals surface area contributed by atoms with Gasteiger partial charge in [0.25, 0.3) is 5.91 Å². The van der Waals surface area contributed by atoms with Crippen molar-refractivity contribution in [3.05, 3.63) is 64.6 Å². The predicted octanol–water partition coefficient (Wildman–Crippen LogP) is 3.26. The average Bonchev–Trinajstić information content (AvgIpc) is 3.24. The van der Waals surface area contributed by atoms with Crippen molar-refractivity contribution in [2.45, 2.75) is 31.1 Å². The van der Waals surface area contributed by atoms with Gasteiger partial charge in [-0.05, 0) is 47.7 Å². The minimum atomic E-state index is -0.695. The Kier molecular flexibility index (Phi) is 4.16. The third-order valence-corrected chi connectivity index (χ3v) is 6.25. The van der Waals surface area contributed by atoms with Gasteiger partial charge in [0.2, 0.25) is 0 Å². The second-order valence-corrected chi connectivity index (χ2v) is 8.07. The summed E-state index contributed by atoms with van der Waals surface area (Å²) in [7, 11) is 0. The van der Waals surface area contributed by atoms with E-state index >= 15 is 0 Å². The van der Waals surface area contributed by atoms with E-state index in [0.717, 1.165) is 49.1 Å². The molecule has 3 N–H and O–H groups in total. The molecule has 2 aliphatic heterocycles. The van der Waals surface area contributed by atoms with E-state index in [2.05, 4.69) is 21.1 Å². The lowest BCUT2D eigenvalue weighted by Crippen LogP contribution is -2.42.